The molecule has 0 aliphatic heterocycles. The van der Waals surface area contributed by atoms with Crippen molar-refractivity contribution >= 4 is 22.6 Å². The zero-order valence-electron chi connectivity index (χ0n) is 14.3. The van der Waals surface area contributed by atoms with Gasteiger partial charge >= 0.3 is 5.97 Å². The number of hydrazine groups is 1. The predicted molar refractivity (Wildman–Crippen MR) is 95.4 cm³/mol. The molecule has 27 heavy (non-hydrogen) atoms. The second-order valence-corrected chi connectivity index (χ2v) is 6.01. The Morgan fingerprint density at radius 1 is 1.19 bits per heavy atom. The van der Waals surface area contributed by atoms with E-state index in [1.807, 2.05) is 0 Å². The van der Waals surface area contributed by atoms with Crippen LogP contribution in [0.4, 0.5) is 14.5 Å². The van der Waals surface area contributed by atoms with Crippen molar-refractivity contribution in [1.29, 1.82) is 0 Å². The Labute approximate surface area is 151 Å². The summed E-state index contributed by atoms with van der Waals surface area (Å²) >= 11 is 0. The van der Waals surface area contributed by atoms with Crippen molar-refractivity contribution in [3.8, 4) is 11.4 Å². The molecule has 7 nitrogen and oxygen atoms in total. The summed E-state index contributed by atoms with van der Waals surface area (Å²) in [5.41, 5.74) is 0.360. The third kappa shape index (κ3) is 3.20. The second kappa shape index (κ2) is 6.69. The van der Waals surface area contributed by atoms with Gasteiger partial charge in [-0.15, -0.1) is 0 Å². The van der Waals surface area contributed by atoms with Gasteiger partial charge in [-0.1, -0.05) is 0 Å². The molecule has 140 valence electrons. The molecule has 0 amide bonds. The number of phenols is 1. The first kappa shape index (κ1) is 18.3. The summed E-state index contributed by atoms with van der Waals surface area (Å²) in [6, 6.07) is 6.26. The molecule has 3 rings (SSSR count). The highest BCUT2D eigenvalue weighted by Crippen LogP contribution is 2.29. The summed E-state index contributed by atoms with van der Waals surface area (Å²) < 4.78 is 30.7. The summed E-state index contributed by atoms with van der Waals surface area (Å²) in [7, 11) is 3.06. The normalized spacial score (nSPS) is 11.1. The summed E-state index contributed by atoms with van der Waals surface area (Å²) in [5, 5.41) is 19.6. The molecule has 0 saturated carbocycles. The number of carbonyl (C=O) groups is 1. The molecule has 0 unspecified atom stereocenters. The predicted octanol–water partition coefficient (Wildman–Crippen LogP) is 2.56. The fraction of sp³-hybridized carbons (Fsp3) is 0.111. The average Bonchev–Trinajstić information content (AvgIpc) is 2.60. The van der Waals surface area contributed by atoms with Crippen LogP contribution in [0, 0.1) is 11.6 Å². The topological polar surface area (TPSA) is 94.8 Å². The van der Waals surface area contributed by atoms with Gasteiger partial charge in [0, 0.05) is 26.0 Å². The quantitative estimate of drug-likeness (QED) is 0.607. The molecule has 0 atom stereocenters. The van der Waals surface area contributed by atoms with E-state index in [0.717, 1.165) is 16.8 Å². The Balaban J connectivity index is 2.48. The van der Waals surface area contributed by atoms with Gasteiger partial charge in [-0.25, -0.2) is 18.6 Å². The minimum atomic E-state index is -1.52. The monoisotopic (exact) mass is 375 g/mol. The maximum absolute atomic E-state index is 15.1. The van der Waals surface area contributed by atoms with Gasteiger partial charge in [0.25, 0.3) is 0 Å². The third-order valence-electron chi connectivity index (χ3n) is 3.87. The summed E-state index contributed by atoms with van der Waals surface area (Å²) in [5.74, 6) is -3.67. The number of benzene rings is 2. The van der Waals surface area contributed by atoms with Crippen molar-refractivity contribution in [3.63, 3.8) is 0 Å². The Bertz CT molecular complexity index is 1110. The van der Waals surface area contributed by atoms with Gasteiger partial charge in [0.15, 0.2) is 11.6 Å². The number of carboxylic acid groups (broad SMARTS) is 1. The van der Waals surface area contributed by atoms with E-state index < -0.39 is 39.7 Å². The number of hydrogen-bond donors (Lipinski definition) is 3. The number of carboxylic acids is 1. The van der Waals surface area contributed by atoms with Gasteiger partial charge in [-0.05, 0) is 30.3 Å². The van der Waals surface area contributed by atoms with Crippen molar-refractivity contribution in [2.75, 3.05) is 19.5 Å². The molecule has 1 heterocycles. The first-order valence-electron chi connectivity index (χ1n) is 7.74. The van der Waals surface area contributed by atoms with Crippen molar-refractivity contribution in [2.45, 2.75) is 0 Å². The van der Waals surface area contributed by atoms with Gasteiger partial charge in [-0.2, -0.15) is 0 Å². The Morgan fingerprint density at radius 2 is 1.81 bits per heavy atom. The molecule has 0 saturated heterocycles. The van der Waals surface area contributed by atoms with E-state index in [9.17, 15) is 24.2 Å². The number of phenolic OH excluding ortho intramolecular Hbond substituents is 1. The highest BCUT2D eigenvalue weighted by atomic mass is 19.1. The Kier molecular flexibility index (Phi) is 4.54. The van der Waals surface area contributed by atoms with E-state index in [1.54, 1.807) is 0 Å². The number of fused-ring (bicyclic) bond motifs is 1. The van der Waals surface area contributed by atoms with Crippen molar-refractivity contribution in [3.05, 3.63) is 63.9 Å². The lowest BCUT2D eigenvalue weighted by molar-refractivity contribution is 0.0695. The summed E-state index contributed by atoms with van der Waals surface area (Å²) in [6.45, 7) is 0. The standard InChI is InChI=1S/C18H15F2N3O4/c1-22(2)21-15-13(19)7-11-16(14(15)20)23(8-12(17(11)25)18(26)27)9-3-5-10(24)6-4-9/h3-8,21,24H,1-2H3,(H,26,27). The number of rotatable bonds is 4. The number of hydrogen-bond acceptors (Lipinski definition) is 5. The molecule has 0 spiro atoms. The number of aromatic carboxylic acids is 1. The number of aromatic nitrogens is 1. The van der Waals surface area contributed by atoms with Crippen LogP contribution < -0.4 is 10.9 Å². The molecule has 1 aromatic heterocycles. The zero-order chi connectivity index (χ0) is 19.9. The van der Waals surface area contributed by atoms with Gasteiger partial charge < -0.3 is 20.2 Å². The van der Waals surface area contributed by atoms with Crippen LogP contribution >= 0.6 is 0 Å². The van der Waals surface area contributed by atoms with Crippen molar-refractivity contribution in [1.82, 2.24) is 9.58 Å². The van der Waals surface area contributed by atoms with E-state index in [4.69, 9.17) is 0 Å². The van der Waals surface area contributed by atoms with Crippen LogP contribution in [-0.2, 0) is 0 Å². The molecule has 2 aromatic carbocycles. The fourth-order valence-corrected chi connectivity index (χ4v) is 2.71. The van der Waals surface area contributed by atoms with Gasteiger partial charge in [0.1, 0.15) is 17.0 Å². The van der Waals surface area contributed by atoms with Crippen LogP contribution in [0.3, 0.4) is 0 Å². The molecule has 0 radical (unpaired) electrons. The SMILES string of the molecule is CN(C)Nc1c(F)cc2c(=O)c(C(=O)O)cn(-c3ccc(O)cc3)c2c1F. The van der Waals surface area contributed by atoms with E-state index in [2.05, 4.69) is 5.43 Å². The molecule has 3 N–H and O–H groups in total. The Hall–Kier alpha value is -3.46. The molecule has 0 fully saturated rings. The molecular weight excluding hydrogens is 360 g/mol. The largest absolute Gasteiger partial charge is 0.508 e. The number of aromatic hydroxyl groups is 1. The third-order valence-corrected chi connectivity index (χ3v) is 3.87. The lowest BCUT2D eigenvalue weighted by atomic mass is 10.1. The number of nitrogens with one attached hydrogen (secondary N) is 1. The van der Waals surface area contributed by atoms with Crippen LogP contribution in [0.2, 0.25) is 0 Å². The minimum Gasteiger partial charge on any atom is -0.508 e. The van der Waals surface area contributed by atoms with E-state index in [1.165, 1.54) is 43.4 Å². The maximum Gasteiger partial charge on any atom is 0.341 e. The van der Waals surface area contributed by atoms with Crippen LogP contribution in [-0.4, -0.2) is 39.9 Å². The number of nitrogens with zero attached hydrogens (tertiary/aromatic N) is 2. The smallest absolute Gasteiger partial charge is 0.341 e. The molecule has 0 aliphatic rings. The number of anilines is 1. The van der Waals surface area contributed by atoms with Crippen molar-refractivity contribution in [2.24, 2.45) is 0 Å². The van der Waals surface area contributed by atoms with Gasteiger partial charge in [-0.3, -0.25) is 4.79 Å². The van der Waals surface area contributed by atoms with Gasteiger partial charge in [0.05, 0.1) is 10.9 Å². The highest BCUT2D eigenvalue weighted by molar-refractivity contribution is 5.94. The fourth-order valence-electron chi connectivity index (χ4n) is 2.71. The summed E-state index contributed by atoms with van der Waals surface area (Å²) in [6.07, 6.45) is 0.972. The van der Waals surface area contributed by atoms with Gasteiger partial charge in [0.2, 0.25) is 5.43 Å². The number of pyridine rings is 1. The zero-order valence-corrected chi connectivity index (χ0v) is 14.3. The Morgan fingerprint density at radius 3 is 2.37 bits per heavy atom. The maximum atomic E-state index is 15.1. The van der Waals surface area contributed by atoms with E-state index in [-0.39, 0.29) is 17.0 Å². The highest BCUT2D eigenvalue weighted by Gasteiger charge is 2.23. The average molecular weight is 375 g/mol. The lowest BCUT2D eigenvalue weighted by Crippen LogP contribution is -2.23. The van der Waals surface area contributed by atoms with Crippen LogP contribution in [0.25, 0.3) is 16.6 Å². The van der Waals surface area contributed by atoms with Crippen LogP contribution in [0.15, 0.2) is 41.3 Å². The van der Waals surface area contributed by atoms with Crippen molar-refractivity contribution < 1.29 is 23.8 Å². The first-order chi connectivity index (χ1) is 12.7. The van der Waals surface area contributed by atoms with E-state index in [0.29, 0.717) is 0 Å². The van der Waals surface area contributed by atoms with Crippen LogP contribution in [0.5, 0.6) is 5.75 Å². The molecular formula is C18H15F2N3O4. The molecule has 9 heteroatoms. The molecule has 0 bridgehead atoms. The summed E-state index contributed by atoms with van der Waals surface area (Å²) in [4.78, 5) is 23.9. The lowest BCUT2D eigenvalue weighted by Gasteiger charge is -2.19. The molecule has 0 aliphatic carbocycles. The number of halogens is 2. The van der Waals surface area contributed by atoms with E-state index >= 15 is 4.39 Å². The minimum absolute atomic E-state index is 0.0518. The first-order valence-corrected chi connectivity index (χ1v) is 7.74. The van der Waals surface area contributed by atoms with Crippen LogP contribution in [0.1, 0.15) is 10.4 Å². The second-order valence-electron chi connectivity index (χ2n) is 6.01. The molecule has 3 aromatic rings.